The summed E-state index contributed by atoms with van der Waals surface area (Å²) in [5, 5.41) is 2.75. The van der Waals surface area contributed by atoms with Crippen LogP contribution in [-0.4, -0.2) is 33.0 Å². The van der Waals surface area contributed by atoms with Crippen LogP contribution in [0, 0.1) is 13.8 Å². The highest BCUT2D eigenvalue weighted by atomic mass is 32.2. The fourth-order valence-corrected chi connectivity index (χ4v) is 4.55. The molecule has 1 N–H and O–H groups in total. The number of anilines is 2. The number of amides is 1. The lowest BCUT2D eigenvalue weighted by Crippen LogP contribution is -2.34. The van der Waals surface area contributed by atoms with Crippen molar-refractivity contribution in [1.29, 1.82) is 0 Å². The Morgan fingerprint density at radius 1 is 1.00 bits per heavy atom. The van der Waals surface area contributed by atoms with E-state index in [0.717, 1.165) is 11.1 Å². The quantitative estimate of drug-likeness (QED) is 0.574. The molecule has 1 aromatic heterocycles. The Kier molecular flexibility index (Phi) is 6.91. The highest BCUT2D eigenvalue weighted by molar-refractivity contribution is 7.92. The van der Waals surface area contributed by atoms with E-state index in [2.05, 4.69) is 10.3 Å². The normalized spacial score (nSPS) is 11.1. The second kappa shape index (κ2) is 9.61. The predicted molar refractivity (Wildman–Crippen MR) is 121 cm³/mol. The summed E-state index contributed by atoms with van der Waals surface area (Å²) in [7, 11) is -2.34. The minimum Gasteiger partial charge on any atom is -0.497 e. The van der Waals surface area contributed by atoms with Gasteiger partial charge in [0.15, 0.2) is 0 Å². The Balaban J connectivity index is 1.88. The van der Waals surface area contributed by atoms with Crippen molar-refractivity contribution < 1.29 is 17.9 Å². The van der Waals surface area contributed by atoms with E-state index in [4.69, 9.17) is 4.74 Å². The van der Waals surface area contributed by atoms with Crippen molar-refractivity contribution in [2.45, 2.75) is 25.2 Å². The van der Waals surface area contributed by atoms with Gasteiger partial charge in [-0.3, -0.25) is 14.1 Å². The second-order valence-corrected chi connectivity index (χ2v) is 8.92. The SMILES string of the molecule is COc1ccc(N(CCC(=O)Nc2ccncc2)S(=O)(=O)c2ccc(C)c(C)c2)cc1. The highest BCUT2D eigenvalue weighted by Gasteiger charge is 2.26. The summed E-state index contributed by atoms with van der Waals surface area (Å²) in [5.41, 5.74) is 2.95. The Bertz CT molecular complexity index is 1150. The summed E-state index contributed by atoms with van der Waals surface area (Å²) in [6, 6.07) is 15.1. The number of benzene rings is 2. The smallest absolute Gasteiger partial charge is 0.264 e. The zero-order chi connectivity index (χ0) is 22.4. The maximum absolute atomic E-state index is 13.5. The van der Waals surface area contributed by atoms with Crippen molar-refractivity contribution in [3.63, 3.8) is 0 Å². The molecule has 31 heavy (non-hydrogen) atoms. The van der Waals surface area contributed by atoms with E-state index in [9.17, 15) is 13.2 Å². The Morgan fingerprint density at radius 2 is 1.68 bits per heavy atom. The number of nitrogens with one attached hydrogen (secondary N) is 1. The second-order valence-electron chi connectivity index (χ2n) is 7.06. The van der Waals surface area contributed by atoms with E-state index in [1.807, 2.05) is 13.8 Å². The van der Waals surface area contributed by atoms with Crippen LogP contribution in [0.15, 0.2) is 71.9 Å². The zero-order valence-corrected chi connectivity index (χ0v) is 18.5. The van der Waals surface area contributed by atoms with Crippen molar-refractivity contribution in [3.05, 3.63) is 78.1 Å². The van der Waals surface area contributed by atoms with Crippen LogP contribution in [0.2, 0.25) is 0 Å². The molecule has 162 valence electrons. The molecule has 7 nitrogen and oxygen atoms in total. The summed E-state index contributed by atoms with van der Waals surface area (Å²) < 4.78 is 33.4. The van der Waals surface area contributed by atoms with Crippen molar-refractivity contribution in [3.8, 4) is 5.75 Å². The molecule has 3 aromatic rings. The number of carbonyl (C=O) groups is 1. The number of pyridine rings is 1. The molecule has 2 aromatic carbocycles. The summed E-state index contributed by atoms with van der Waals surface area (Å²) >= 11 is 0. The third-order valence-electron chi connectivity index (χ3n) is 4.93. The topological polar surface area (TPSA) is 88.6 Å². The first-order valence-corrected chi connectivity index (χ1v) is 11.2. The largest absolute Gasteiger partial charge is 0.497 e. The molecular weight excluding hydrogens is 414 g/mol. The first kappa shape index (κ1) is 22.3. The lowest BCUT2D eigenvalue weighted by Gasteiger charge is -2.25. The number of hydrogen-bond acceptors (Lipinski definition) is 5. The number of sulfonamides is 1. The average molecular weight is 440 g/mol. The molecule has 0 saturated carbocycles. The molecule has 0 radical (unpaired) electrons. The Labute approximate surface area is 182 Å². The summed E-state index contributed by atoms with van der Waals surface area (Å²) in [5.74, 6) is 0.322. The standard InChI is InChI=1S/C23H25N3O4S/c1-17-4-9-22(16-18(17)2)31(28,29)26(20-5-7-21(30-3)8-6-20)15-12-23(27)25-19-10-13-24-14-11-19/h4-11,13-14,16H,12,15H2,1-3H3,(H,24,25,27). The van der Waals surface area contributed by atoms with Crippen molar-refractivity contribution in [2.24, 2.45) is 0 Å². The number of aryl methyl sites for hydroxylation is 2. The third kappa shape index (κ3) is 5.40. The van der Waals surface area contributed by atoms with Crippen molar-refractivity contribution in [2.75, 3.05) is 23.3 Å². The Morgan fingerprint density at radius 3 is 2.29 bits per heavy atom. The van der Waals surface area contributed by atoms with Gasteiger partial charge in [0.2, 0.25) is 5.91 Å². The number of rotatable bonds is 8. The Hall–Kier alpha value is -3.39. The highest BCUT2D eigenvalue weighted by Crippen LogP contribution is 2.27. The molecule has 8 heteroatoms. The molecule has 1 amide bonds. The van der Waals surface area contributed by atoms with Gasteiger partial charge in [0, 0.05) is 31.0 Å². The van der Waals surface area contributed by atoms with E-state index in [1.54, 1.807) is 74.1 Å². The molecule has 0 aliphatic heterocycles. The van der Waals surface area contributed by atoms with E-state index in [-0.39, 0.29) is 23.8 Å². The maximum atomic E-state index is 13.5. The van der Waals surface area contributed by atoms with E-state index in [1.165, 1.54) is 4.31 Å². The van der Waals surface area contributed by atoms with Gasteiger partial charge < -0.3 is 10.1 Å². The first-order valence-electron chi connectivity index (χ1n) is 9.75. The summed E-state index contributed by atoms with van der Waals surface area (Å²) in [4.78, 5) is 16.5. The van der Waals surface area contributed by atoms with Crippen LogP contribution in [0.5, 0.6) is 5.75 Å². The molecule has 0 aliphatic rings. The molecule has 1 heterocycles. The minimum absolute atomic E-state index is 0.0154. The van der Waals surface area contributed by atoms with Gasteiger partial charge in [-0.2, -0.15) is 0 Å². The molecule has 0 spiro atoms. The molecule has 0 bridgehead atoms. The van der Waals surface area contributed by atoms with Crippen molar-refractivity contribution in [1.82, 2.24) is 4.98 Å². The zero-order valence-electron chi connectivity index (χ0n) is 17.7. The van der Waals surface area contributed by atoms with E-state index >= 15 is 0 Å². The van der Waals surface area contributed by atoms with E-state index < -0.39 is 10.0 Å². The van der Waals surface area contributed by atoms with Crippen LogP contribution in [0.4, 0.5) is 11.4 Å². The van der Waals surface area contributed by atoms with Gasteiger partial charge >= 0.3 is 0 Å². The third-order valence-corrected chi connectivity index (χ3v) is 6.76. The van der Waals surface area contributed by atoms with Crippen LogP contribution in [-0.2, 0) is 14.8 Å². The van der Waals surface area contributed by atoms with E-state index in [0.29, 0.717) is 17.1 Å². The van der Waals surface area contributed by atoms with Crippen molar-refractivity contribution >= 4 is 27.3 Å². The fourth-order valence-electron chi connectivity index (χ4n) is 3.00. The molecule has 0 atom stereocenters. The van der Waals surface area contributed by atoms with Gasteiger partial charge in [-0.05, 0) is 73.5 Å². The number of nitrogens with zero attached hydrogens (tertiary/aromatic N) is 2. The number of hydrogen-bond donors (Lipinski definition) is 1. The van der Waals surface area contributed by atoms with Gasteiger partial charge in [-0.1, -0.05) is 6.07 Å². The lowest BCUT2D eigenvalue weighted by molar-refractivity contribution is -0.116. The summed E-state index contributed by atoms with van der Waals surface area (Å²) in [6.07, 6.45) is 3.13. The van der Waals surface area contributed by atoms with Gasteiger partial charge in [0.05, 0.1) is 17.7 Å². The monoisotopic (exact) mass is 439 g/mol. The average Bonchev–Trinajstić information content (AvgIpc) is 2.76. The number of methoxy groups -OCH3 is 1. The number of aromatic nitrogens is 1. The molecular formula is C23H25N3O4S. The van der Waals surface area contributed by atoms with Gasteiger partial charge in [-0.25, -0.2) is 8.42 Å². The van der Waals surface area contributed by atoms with Crippen LogP contribution in [0.25, 0.3) is 0 Å². The van der Waals surface area contributed by atoms with Crippen LogP contribution in [0.1, 0.15) is 17.5 Å². The summed E-state index contributed by atoms with van der Waals surface area (Å²) in [6.45, 7) is 3.78. The van der Waals surface area contributed by atoms with Crippen LogP contribution in [0.3, 0.4) is 0 Å². The number of carbonyl (C=O) groups excluding carboxylic acids is 1. The predicted octanol–water partition coefficient (Wildman–Crippen LogP) is 3.93. The first-order chi connectivity index (χ1) is 14.8. The molecule has 0 fully saturated rings. The molecule has 0 aliphatic carbocycles. The van der Waals surface area contributed by atoms with Crippen LogP contribution >= 0.6 is 0 Å². The van der Waals surface area contributed by atoms with Crippen LogP contribution < -0.4 is 14.4 Å². The number of ether oxygens (including phenoxy) is 1. The maximum Gasteiger partial charge on any atom is 0.264 e. The lowest BCUT2D eigenvalue weighted by atomic mass is 10.1. The molecule has 0 saturated heterocycles. The molecule has 0 unspecified atom stereocenters. The molecule has 3 rings (SSSR count). The fraction of sp³-hybridized carbons (Fsp3) is 0.217. The van der Waals surface area contributed by atoms with Gasteiger partial charge in [-0.15, -0.1) is 0 Å². The van der Waals surface area contributed by atoms with Gasteiger partial charge in [0.1, 0.15) is 5.75 Å². The minimum atomic E-state index is -3.88. The van der Waals surface area contributed by atoms with Gasteiger partial charge in [0.25, 0.3) is 10.0 Å².